The van der Waals surface area contributed by atoms with Crippen molar-refractivity contribution in [1.82, 2.24) is 24.9 Å². The van der Waals surface area contributed by atoms with Crippen molar-refractivity contribution in [3.8, 4) is 11.5 Å². The largest absolute Gasteiger partial charge is 0.379 e. The van der Waals surface area contributed by atoms with Gasteiger partial charge in [0.2, 0.25) is 5.91 Å². The Balaban J connectivity index is 1.33. The van der Waals surface area contributed by atoms with E-state index in [1.54, 1.807) is 12.4 Å². The number of aromatic nitrogens is 3. The Morgan fingerprint density at radius 2 is 1.85 bits per heavy atom. The summed E-state index contributed by atoms with van der Waals surface area (Å²) in [5, 5.41) is 4.16. The van der Waals surface area contributed by atoms with Crippen LogP contribution in [-0.2, 0) is 9.53 Å². The van der Waals surface area contributed by atoms with Crippen molar-refractivity contribution in [3.05, 3.63) is 30.4 Å². The highest BCUT2D eigenvalue weighted by Gasteiger charge is 2.31. The number of likely N-dealkylation sites (tertiary alicyclic amines) is 1. The molecular formula is C19H25N5O3. The van der Waals surface area contributed by atoms with Gasteiger partial charge in [-0.05, 0) is 31.9 Å². The van der Waals surface area contributed by atoms with E-state index in [9.17, 15) is 4.79 Å². The summed E-state index contributed by atoms with van der Waals surface area (Å²) in [7, 11) is 0. The molecule has 0 aromatic carbocycles. The van der Waals surface area contributed by atoms with Crippen LogP contribution in [0, 0.1) is 0 Å². The molecule has 4 heterocycles. The third-order valence-electron chi connectivity index (χ3n) is 5.49. The fourth-order valence-electron chi connectivity index (χ4n) is 3.76. The second-order valence-electron chi connectivity index (χ2n) is 7.12. The van der Waals surface area contributed by atoms with Crippen molar-refractivity contribution in [1.29, 1.82) is 0 Å². The van der Waals surface area contributed by atoms with Crippen molar-refractivity contribution in [2.45, 2.75) is 31.7 Å². The summed E-state index contributed by atoms with van der Waals surface area (Å²) in [6, 6.07) is 3.62. The van der Waals surface area contributed by atoms with Crippen LogP contribution in [0.2, 0.25) is 0 Å². The molecule has 27 heavy (non-hydrogen) atoms. The first-order valence-electron chi connectivity index (χ1n) is 9.57. The zero-order valence-electron chi connectivity index (χ0n) is 15.6. The quantitative estimate of drug-likeness (QED) is 0.806. The molecule has 0 bridgehead atoms. The van der Waals surface area contributed by atoms with Gasteiger partial charge in [0.1, 0.15) is 0 Å². The van der Waals surface area contributed by atoms with E-state index in [2.05, 4.69) is 20.0 Å². The Hall–Kier alpha value is -2.32. The summed E-state index contributed by atoms with van der Waals surface area (Å²) >= 11 is 0. The van der Waals surface area contributed by atoms with Gasteiger partial charge in [-0.3, -0.25) is 14.7 Å². The summed E-state index contributed by atoms with van der Waals surface area (Å²) in [5.74, 6) is 1.69. The van der Waals surface area contributed by atoms with Crippen LogP contribution >= 0.6 is 0 Å². The fraction of sp³-hybridized carbons (Fsp3) is 0.579. The van der Waals surface area contributed by atoms with Gasteiger partial charge in [-0.2, -0.15) is 4.98 Å². The lowest BCUT2D eigenvalue weighted by Crippen LogP contribution is -2.52. The molecular weight excluding hydrogens is 346 g/mol. The van der Waals surface area contributed by atoms with E-state index in [0.717, 1.165) is 50.4 Å². The van der Waals surface area contributed by atoms with E-state index in [1.165, 1.54) is 0 Å². The lowest BCUT2D eigenvalue weighted by Gasteiger charge is -2.37. The highest BCUT2D eigenvalue weighted by molar-refractivity contribution is 5.81. The minimum atomic E-state index is -0.0890. The third-order valence-corrected chi connectivity index (χ3v) is 5.49. The Morgan fingerprint density at radius 3 is 2.56 bits per heavy atom. The van der Waals surface area contributed by atoms with Crippen molar-refractivity contribution >= 4 is 5.91 Å². The van der Waals surface area contributed by atoms with Crippen LogP contribution in [0.1, 0.15) is 31.5 Å². The summed E-state index contributed by atoms with van der Waals surface area (Å²) in [5.41, 5.74) is 0.871. The molecule has 2 fully saturated rings. The SMILES string of the molecule is CC(C(=O)N1CCC(c2noc(-c3ccncc3)n2)CC1)N1CCOCC1. The standard InChI is InChI=1S/C19H25N5O3/c1-14(23-10-12-26-13-11-23)19(25)24-8-4-15(5-9-24)17-21-18(27-22-17)16-2-6-20-7-3-16/h2-3,6-7,14-15H,4-5,8-13H2,1H3. The predicted molar refractivity (Wildman–Crippen MR) is 97.9 cm³/mol. The van der Waals surface area contributed by atoms with Crippen molar-refractivity contribution in [2.24, 2.45) is 0 Å². The van der Waals surface area contributed by atoms with Crippen LogP contribution in [0.15, 0.2) is 29.0 Å². The Bertz CT molecular complexity index is 752. The summed E-state index contributed by atoms with van der Waals surface area (Å²) in [4.78, 5) is 25.6. The number of piperidine rings is 1. The molecule has 8 nitrogen and oxygen atoms in total. The number of carbonyl (C=O) groups excluding carboxylic acids is 1. The van der Waals surface area contributed by atoms with Gasteiger partial charge in [-0.25, -0.2) is 0 Å². The number of pyridine rings is 1. The van der Waals surface area contributed by atoms with E-state index < -0.39 is 0 Å². The van der Waals surface area contributed by atoms with Gasteiger partial charge in [0, 0.05) is 50.1 Å². The molecule has 4 rings (SSSR count). The number of morpholine rings is 1. The maximum atomic E-state index is 12.8. The number of hydrogen-bond acceptors (Lipinski definition) is 7. The van der Waals surface area contributed by atoms with Gasteiger partial charge in [0.05, 0.1) is 19.3 Å². The van der Waals surface area contributed by atoms with E-state index in [1.807, 2.05) is 24.0 Å². The Labute approximate surface area is 158 Å². The van der Waals surface area contributed by atoms with Crippen LogP contribution in [0.3, 0.4) is 0 Å². The van der Waals surface area contributed by atoms with Gasteiger partial charge < -0.3 is 14.2 Å². The fourth-order valence-corrected chi connectivity index (χ4v) is 3.76. The van der Waals surface area contributed by atoms with Gasteiger partial charge in [-0.1, -0.05) is 5.16 Å². The first kappa shape index (κ1) is 18.1. The summed E-state index contributed by atoms with van der Waals surface area (Å²) in [6.07, 6.45) is 5.13. The van der Waals surface area contributed by atoms with Crippen molar-refractivity contribution in [3.63, 3.8) is 0 Å². The van der Waals surface area contributed by atoms with Crippen LogP contribution in [0.25, 0.3) is 11.5 Å². The minimum absolute atomic E-state index is 0.0890. The zero-order valence-corrected chi connectivity index (χ0v) is 15.6. The lowest BCUT2D eigenvalue weighted by molar-refractivity contribution is -0.139. The third kappa shape index (κ3) is 4.01. The topological polar surface area (TPSA) is 84.6 Å². The molecule has 0 aliphatic carbocycles. The summed E-state index contributed by atoms with van der Waals surface area (Å²) < 4.78 is 10.8. The Kier molecular flexibility index (Phi) is 5.45. The Morgan fingerprint density at radius 1 is 1.15 bits per heavy atom. The first-order chi connectivity index (χ1) is 13.2. The van der Waals surface area contributed by atoms with Crippen LogP contribution < -0.4 is 0 Å². The van der Waals surface area contributed by atoms with Crippen LogP contribution in [-0.4, -0.2) is 76.3 Å². The molecule has 8 heteroatoms. The van der Waals surface area contributed by atoms with Crippen molar-refractivity contribution in [2.75, 3.05) is 39.4 Å². The molecule has 2 saturated heterocycles. The van der Waals surface area contributed by atoms with E-state index in [-0.39, 0.29) is 17.9 Å². The molecule has 2 aliphatic heterocycles. The molecule has 1 unspecified atom stereocenters. The summed E-state index contributed by atoms with van der Waals surface area (Å²) in [6.45, 7) is 6.53. The molecule has 0 radical (unpaired) electrons. The van der Waals surface area contributed by atoms with Gasteiger partial charge in [0.25, 0.3) is 5.89 Å². The monoisotopic (exact) mass is 371 g/mol. The molecule has 1 atom stereocenters. The first-order valence-corrected chi connectivity index (χ1v) is 9.57. The molecule has 2 aromatic rings. The van der Waals surface area contributed by atoms with Gasteiger partial charge >= 0.3 is 0 Å². The van der Waals surface area contributed by atoms with E-state index in [0.29, 0.717) is 19.1 Å². The maximum Gasteiger partial charge on any atom is 0.258 e. The van der Waals surface area contributed by atoms with Crippen LogP contribution in [0.4, 0.5) is 0 Å². The number of nitrogens with zero attached hydrogens (tertiary/aromatic N) is 5. The van der Waals surface area contributed by atoms with E-state index >= 15 is 0 Å². The van der Waals surface area contributed by atoms with Crippen molar-refractivity contribution < 1.29 is 14.1 Å². The molecule has 0 saturated carbocycles. The molecule has 2 aliphatic rings. The number of carbonyl (C=O) groups is 1. The smallest absolute Gasteiger partial charge is 0.258 e. The molecule has 2 aromatic heterocycles. The maximum absolute atomic E-state index is 12.8. The highest BCUT2D eigenvalue weighted by atomic mass is 16.5. The van der Waals surface area contributed by atoms with Gasteiger partial charge in [-0.15, -0.1) is 0 Å². The average molecular weight is 371 g/mol. The second-order valence-corrected chi connectivity index (χ2v) is 7.12. The normalized spacial score (nSPS) is 20.6. The second kappa shape index (κ2) is 8.14. The number of ether oxygens (including phenoxy) is 1. The number of rotatable bonds is 4. The minimum Gasteiger partial charge on any atom is -0.379 e. The number of amides is 1. The predicted octanol–water partition coefficient (Wildman–Crippen LogP) is 1.56. The van der Waals surface area contributed by atoms with Crippen LogP contribution in [0.5, 0.6) is 0 Å². The lowest BCUT2D eigenvalue weighted by atomic mass is 9.95. The number of hydrogen-bond donors (Lipinski definition) is 0. The molecule has 0 spiro atoms. The van der Waals surface area contributed by atoms with E-state index in [4.69, 9.17) is 9.26 Å². The molecule has 144 valence electrons. The average Bonchev–Trinajstić information content (AvgIpc) is 3.24. The van der Waals surface area contributed by atoms with Gasteiger partial charge in [0.15, 0.2) is 5.82 Å². The zero-order chi connectivity index (χ0) is 18.6. The molecule has 1 amide bonds. The highest BCUT2D eigenvalue weighted by Crippen LogP contribution is 2.28. The molecule has 0 N–H and O–H groups in total.